The molecule has 0 radical (unpaired) electrons. The summed E-state index contributed by atoms with van der Waals surface area (Å²) in [5.74, 6) is 1.25. The number of carbonyl (C=O) groups excluding carboxylic acids is 3. The van der Waals surface area contributed by atoms with Gasteiger partial charge in [-0.25, -0.2) is 4.98 Å². The number of hydrogen-bond donors (Lipinski definition) is 0. The Balaban J connectivity index is 1.11. The van der Waals surface area contributed by atoms with Crippen molar-refractivity contribution in [2.24, 2.45) is 0 Å². The van der Waals surface area contributed by atoms with Gasteiger partial charge in [0.1, 0.15) is 5.82 Å². The zero-order valence-corrected chi connectivity index (χ0v) is 19.6. The number of aryl methyl sites for hydroxylation is 1. The van der Waals surface area contributed by atoms with Gasteiger partial charge in [0.2, 0.25) is 11.9 Å². The van der Waals surface area contributed by atoms with E-state index in [1.807, 2.05) is 17.9 Å². The average molecular weight is 463 g/mol. The van der Waals surface area contributed by atoms with Crippen LogP contribution in [0.5, 0.6) is 0 Å². The minimum absolute atomic E-state index is 0.0629. The Morgan fingerprint density at radius 2 is 1.53 bits per heavy atom. The molecule has 0 aliphatic carbocycles. The molecule has 0 unspecified atom stereocenters. The maximum Gasteiger partial charge on any atom is 0.261 e. The van der Waals surface area contributed by atoms with Gasteiger partial charge in [-0.3, -0.25) is 19.3 Å². The first-order valence-electron chi connectivity index (χ1n) is 12.1. The van der Waals surface area contributed by atoms with Crippen molar-refractivity contribution in [2.45, 2.75) is 32.6 Å². The molecule has 0 saturated carbocycles. The molecule has 3 aliphatic heterocycles. The zero-order valence-electron chi connectivity index (χ0n) is 19.6. The van der Waals surface area contributed by atoms with Gasteiger partial charge in [-0.1, -0.05) is 12.1 Å². The van der Waals surface area contributed by atoms with Crippen LogP contribution < -0.4 is 9.80 Å². The number of piperazine rings is 1. The van der Waals surface area contributed by atoms with E-state index in [1.54, 1.807) is 24.3 Å². The van der Waals surface area contributed by atoms with E-state index in [2.05, 4.69) is 14.8 Å². The SMILES string of the molecule is Cc1cc(N2CCN(C(=O)CCCN3C(=O)c4ccccc4C3=O)CC2)nc(N2CCCC2)n1. The summed E-state index contributed by atoms with van der Waals surface area (Å²) in [6.45, 7) is 6.98. The van der Waals surface area contributed by atoms with Crippen LogP contribution in [-0.4, -0.2) is 83.3 Å². The molecular weight excluding hydrogens is 432 g/mol. The predicted molar refractivity (Wildman–Crippen MR) is 128 cm³/mol. The number of nitrogens with zero attached hydrogens (tertiary/aromatic N) is 6. The summed E-state index contributed by atoms with van der Waals surface area (Å²) in [6.07, 6.45) is 3.15. The van der Waals surface area contributed by atoms with E-state index in [4.69, 9.17) is 4.98 Å². The fourth-order valence-electron chi connectivity index (χ4n) is 4.93. The van der Waals surface area contributed by atoms with Crippen LogP contribution in [0.15, 0.2) is 30.3 Å². The Morgan fingerprint density at radius 1 is 0.882 bits per heavy atom. The largest absolute Gasteiger partial charge is 0.353 e. The standard InChI is InChI=1S/C25H30N6O3/c1-18-17-21(27-25(26-18)30-10-4-5-11-30)28-13-15-29(16-14-28)22(32)9-6-12-31-23(33)19-7-2-3-8-20(19)24(31)34/h2-3,7-8,17H,4-6,9-16H2,1H3. The van der Waals surface area contributed by atoms with Crippen molar-refractivity contribution in [3.05, 3.63) is 47.2 Å². The van der Waals surface area contributed by atoms with E-state index in [9.17, 15) is 14.4 Å². The van der Waals surface area contributed by atoms with E-state index in [1.165, 1.54) is 17.7 Å². The first-order chi connectivity index (χ1) is 16.5. The van der Waals surface area contributed by atoms with Gasteiger partial charge in [0.15, 0.2) is 0 Å². The van der Waals surface area contributed by atoms with E-state index in [-0.39, 0.29) is 24.3 Å². The van der Waals surface area contributed by atoms with Crippen molar-refractivity contribution in [3.63, 3.8) is 0 Å². The average Bonchev–Trinajstić information content (AvgIpc) is 3.48. The second-order valence-corrected chi connectivity index (χ2v) is 9.14. The van der Waals surface area contributed by atoms with Crippen LogP contribution >= 0.6 is 0 Å². The van der Waals surface area contributed by atoms with Gasteiger partial charge >= 0.3 is 0 Å². The van der Waals surface area contributed by atoms with Crippen molar-refractivity contribution >= 4 is 29.5 Å². The molecule has 0 atom stereocenters. The molecule has 4 heterocycles. The fourth-order valence-corrected chi connectivity index (χ4v) is 4.93. The van der Waals surface area contributed by atoms with Gasteiger partial charge in [0.25, 0.3) is 11.8 Å². The van der Waals surface area contributed by atoms with E-state index in [0.29, 0.717) is 37.1 Å². The highest BCUT2D eigenvalue weighted by Crippen LogP contribution is 2.24. The van der Waals surface area contributed by atoms with Crippen LogP contribution in [0.3, 0.4) is 0 Å². The minimum Gasteiger partial charge on any atom is -0.353 e. The maximum absolute atomic E-state index is 12.8. The molecule has 5 rings (SSSR count). The molecule has 9 heteroatoms. The number of carbonyl (C=O) groups is 3. The molecule has 2 fully saturated rings. The normalized spacial score (nSPS) is 18.1. The Labute approximate surface area is 199 Å². The van der Waals surface area contributed by atoms with Crippen LogP contribution in [0.2, 0.25) is 0 Å². The highest BCUT2D eigenvalue weighted by Gasteiger charge is 2.34. The molecule has 2 saturated heterocycles. The molecule has 0 bridgehead atoms. The summed E-state index contributed by atoms with van der Waals surface area (Å²) < 4.78 is 0. The lowest BCUT2D eigenvalue weighted by Gasteiger charge is -2.36. The van der Waals surface area contributed by atoms with Gasteiger partial charge < -0.3 is 14.7 Å². The molecule has 1 aromatic carbocycles. The summed E-state index contributed by atoms with van der Waals surface area (Å²) in [6, 6.07) is 8.87. The number of aromatic nitrogens is 2. The molecule has 0 spiro atoms. The molecule has 0 N–H and O–H groups in total. The molecule has 2 aromatic rings. The lowest BCUT2D eigenvalue weighted by atomic mass is 10.1. The van der Waals surface area contributed by atoms with Crippen molar-refractivity contribution in [1.29, 1.82) is 0 Å². The quantitative estimate of drug-likeness (QED) is 0.608. The second kappa shape index (κ2) is 9.40. The molecule has 178 valence electrons. The number of fused-ring (bicyclic) bond motifs is 1. The summed E-state index contributed by atoms with van der Waals surface area (Å²) in [5.41, 5.74) is 1.85. The number of benzene rings is 1. The maximum atomic E-state index is 12.8. The Bertz CT molecular complexity index is 1070. The summed E-state index contributed by atoms with van der Waals surface area (Å²) >= 11 is 0. The highest BCUT2D eigenvalue weighted by atomic mass is 16.2. The fraction of sp³-hybridized carbons (Fsp3) is 0.480. The molecule has 34 heavy (non-hydrogen) atoms. The van der Waals surface area contributed by atoms with Gasteiger partial charge in [-0.2, -0.15) is 4.98 Å². The zero-order chi connectivity index (χ0) is 23.7. The Morgan fingerprint density at radius 3 is 2.18 bits per heavy atom. The second-order valence-electron chi connectivity index (χ2n) is 9.14. The van der Waals surface area contributed by atoms with E-state index >= 15 is 0 Å². The van der Waals surface area contributed by atoms with Gasteiger partial charge in [-0.15, -0.1) is 0 Å². The summed E-state index contributed by atoms with van der Waals surface area (Å²) in [5, 5.41) is 0. The number of hydrogen-bond acceptors (Lipinski definition) is 7. The predicted octanol–water partition coefficient (Wildman–Crippen LogP) is 2.11. The van der Waals surface area contributed by atoms with Crippen molar-refractivity contribution in [3.8, 4) is 0 Å². The van der Waals surface area contributed by atoms with Gasteiger partial charge in [0, 0.05) is 64.0 Å². The van der Waals surface area contributed by atoms with Crippen molar-refractivity contribution < 1.29 is 14.4 Å². The van der Waals surface area contributed by atoms with Crippen LogP contribution in [0.1, 0.15) is 52.1 Å². The van der Waals surface area contributed by atoms with E-state index < -0.39 is 0 Å². The van der Waals surface area contributed by atoms with Crippen molar-refractivity contribution in [1.82, 2.24) is 19.8 Å². The smallest absolute Gasteiger partial charge is 0.261 e. The summed E-state index contributed by atoms with van der Waals surface area (Å²) in [4.78, 5) is 54.7. The monoisotopic (exact) mass is 462 g/mol. The number of imide groups is 1. The lowest BCUT2D eigenvalue weighted by Crippen LogP contribution is -2.49. The minimum atomic E-state index is -0.268. The number of rotatable bonds is 6. The van der Waals surface area contributed by atoms with Gasteiger partial charge in [-0.05, 0) is 38.3 Å². The third kappa shape index (κ3) is 4.34. The molecule has 1 aromatic heterocycles. The van der Waals surface area contributed by atoms with Gasteiger partial charge in [0.05, 0.1) is 11.1 Å². The van der Waals surface area contributed by atoms with Crippen LogP contribution in [-0.2, 0) is 4.79 Å². The highest BCUT2D eigenvalue weighted by molar-refractivity contribution is 6.21. The Kier molecular flexibility index (Phi) is 6.17. The number of anilines is 2. The first-order valence-corrected chi connectivity index (χ1v) is 12.1. The molecule has 3 amide bonds. The molecule has 9 nitrogen and oxygen atoms in total. The first kappa shape index (κ1) is 22.3. The Hall–Kier alpha value is -3.49. The van der Waals surface area contributed by atoms with Crippen LogP contribution in [0.4, 0.5) is 11.8 Å². The summed E-state index contributed by atoms with van der Waals surface area (Å²) in [7, 11) is 0. The third-order valence-corrected chi connectivity index (χ3v) is 6.82. The third-order valence-electron chi connectivity index (χ3n) is 6.82. The van der Waals surface area contributed by atoms with Crippen LogP contribution in [0, 0.1) is 6.92 Å². The molecule has 3 aliphatic rings. The molecular formula is C25H30N6O3. The lowest BCUT2D eigenvalue weighted by molar-refractivity contribution is -0.131. The topological polar surface area (TPSA) is 89.9 Å². The number of amides is 3. The van der Waals surface area contributed by atoms with E-state index in [0.717, 1.165) is 43.6 Å². The van der Waals surface area contributed by atoms with Crippen LogP contribution in [0.25, 0.3) is 0 Å². The van der Waals surface area contributed by atoms with Crippen molar-refractivity contribution in [2.75, 3.05) is 55.6 Å².